The highest BCUT2D eigenvalue weighted by Gasteiger charge is 2.52. The number of para-hydroxylation sites is 2. The number of aromatic nitrogens is 2. The third kappa shape index (κ3) is 3.80. The average Bonchev–Trinajstić information content (AvgIpc) is 3.80. The summed E-state index contributed by atoms with van der Waals surface area (Å²) in [5.41, 5.74) is 16.2. The van der Waals surface area contributed by atoms with Gasteiger partial charge in [-0.15, -0.1) is 0 Å². The Hall–Kier alpha value is -6.25. The maximum atomic E-state index is 5.08. The quantitative estimate of drug-likeness (QED) is 0.185. The second kappa shape index (κ2) is 10.6. The highest BCUT2D eigenvalue weighted by molar-refractivity contribution is 6.12. The molecule has 9 aromatic rings. The topological polar surface area (TPSA) is 17.8 Å². The fourth-order valence-corrected chi connectivity index (χ4v) is 9.49. The number of hydrogen-bond acceptors (Lipinski definition) is 1. The van der Waals surface area contributed by atoms with Gasteiger partial charge in [0.25, 0.3) is 0 Å². The van der Waals surface area contributed by atoms with Crippen LogP contribution >= 0.6 is 0 Å². The predicted octanol–water partition coefficient (Wildman–Crippen LogP) is 12.3. The maximum Gasteiger partial charge on any atom is 0.114 e. The van der Waals surface area contributed by atoms with Crippen LogP contribution in [-0.4, -0.2) is 9.55 Å². The molecule has 1 heterocycles. The van der Waals surface area contributed by atoms with E-state index in [0.717, 1.165) is 35.4 Å². The second-order valence-electron chi connectivity index (χ2n) is 14.1. The standard InChI is InChI=1S/C49H34N2/c1-2-14-47-50-45-25-11-12-26-46(45)51(47)34-18-13-17-33(27-34)39-30-44-48(38-22-6-5-19-35(38)39)40-28-31-15-3-4-16-32(31)29-43(40)49(44)41-23-9-7-20-36(41)37-21-8-10-24-42(37)49/h3-13,15-30H,2,14H2,1H3. The number of hydrogen-bond donors (Lipinski definition) is 0. The lowest BCUT2D eigenvalue weighted by Crippen LogP contribution is -2.26. The van der Waals surface area contributed by atoms with E-state index in [2.05, 4.69) is 175 Å². The van der Waals surface area contributed by atoms with E-state index in [0.29, 0.717) is 0 Å². The van der Waals surface area contributed by atoms with Crippen molar-refractivity contribution in [1.29, 1.82) is 0 Å². The minimum Gasteiger partial charge on any atom is -0.296 e. The van der Waals surface area contributed by atoms with Crippen molar-refractivity contribution in [3.8, 4) is 39.1 Å². The van der Waals surface area contributed by atoms with Crippen molar-refractivity contribution in [2.24, 2.45) is 0 Å². The van der Waals surface area contributed by atoms with Crippen molar-refractivity contribution >= 4 is 32.6 Å². The Labute approximate surface area is 297 Å². The Morgan fingerprint density at radius 3 is 1.96 bits per heavy atom. The molecule has 0 amide bonds. The number of benzene rings is 8. The highest BCUT2D eigenvalue weighted by atomic mass is 15.1. The van der Waals surface area contributed by atoms with Gasteiger partial charge in [-0.25, -0.2) is 4.98 Å². The summed E-state index contributed by atoms with van der Waals surface area (Å²) in [6.07, 6.45) is 1.97. The van der Waals surface area contributed by atoms with Crippen molar-refractivity contribution < 1.29 is 0 Å². The molecular weight excluding hydrogens is 617 g/mol. The van der Waals surface area contributed by atoms with Crippen LogP contribution in [0.2, 0.25) is 0 Å². The zero-order valence-electron chi connectivity index (χ0n) is 28.4. The van der Waals surface area contributed by atoms with E-state index >= 15 is 0 Å². The zero-order valence-corrected chi connectivity index (χ0v) is 28.4. The third-order valence-corrected chi connectivity index (χ3v) is 11.5. The first-order valence-corrected chi connectivity index (χ1v) is 18.1. The smallest absolute Gasteiger partial charge is 0.114 e. The monoisotopic (exact) mass is 650 g/mol. The van der Waals surface area contributed by atoms with Crippen molar-refractivity contribution in [3.05, 3.63) is 192 Å². The van der Waals surface area contributed by atoms with Gasteiger partial charge in [0.15, 0.2) is 0 Å². The maximum absolute atomic E-state index is 5.08. The summed E-state index contributed by atoms with van der Waals surface area (Å²) < 4.78 is 2.37. The summed E-state index contributed by atoms with van der Waals surface area (Å²) in [6, 6.07) is 61.2. The molecule has 2 aliphatic rings. The first-order chi connectivity index (χ1) is 25.3. The van der Waals surface area contributed by atoms with Crippen molar-refractivity contribution in [1.82, 2.24) is 9.55 Å². The fraction of sp³-hybridized carbons (Fsp3) is 0.0816. The lowest BCUT2D eigenvalue weighted by atomic mass is 9.69. The van der Waals surface area contributed by atoms with E-state index in [1.165, 1.54) is 77.2 Å². The van der Waals surface area contributed by atoms with Gasteiger partial charge in [-0.1, -0.05) is 128 Å². The molecule has 240 valence electrons. The molecule has 0 radical (unpaired) electrons. The molecule has 2 nitrogen and oxygen atoms in total. The van der Waals surface area contributed by atoms with Gasteiger partial charge in [-0.2, -0.15) is 0 Å². The van der Waals surface area contributed by atoms with Gasteiger partial charge in [0.05, 0.1) is 16.4 Å². The molecule has 8 aromatic carbocycles. The molecule has 0 N–H and O–H groups in total. The molecule has 0 unspecified atom stereocenters. The minimum atomic E-state index is -0.437. The Morgan fingerprint density at radius 1 is 0.510 bits per heavy atom. The van der Waals surface area contributed by atoms with Crippen molar-refractivity contribution in [2.75, 3.05) is 0 Å². The van der Waals surface area contributed by atoms with Gasteiger partial charge in [0.2, 0.25) is 0 Å². The minimum absolute atomic E-state index is 0.437. The van der Waals surface area contributed by atoms with E-state index in [-0.39, 0.29) is 0 Å². The number of nitrogens with zero attached hydrogens (tertiary/aromatic N) is 2. The van der Waals surface area contributed by atoms with Crippen molar-refractivity contribution in [2.45, 2.75) is 25.2 Å². The Morgan fingerprint density at radius 2 is 1.18 bits per heavy atom. The first-order valence-electron chi connectivity index (χ1n) is 18.1. The molecule has 11 rings (SSSR count). The first kappa shape index (κ1) is 28.6. The highest BCUT2D eigenvalue weighted by Crippen LogP contribution is 2.64. The molecule has 0 saturated carbocycles. The van der Waals surface area contributed by atoms with Crippen LogP contribution < -0.4 is 0 Å². The zero-order chi connectivity index (χ0) is 33.7. The van der Waals surface area contributed by atoms with Crippen LogP contribution in [0.3, 0.4) is 0 Å². The SMILES string of the molecule is CCCc1nc2ccccc2n1-c1cccc(-c2cc3c(c4ccccc24)-c2cc4ccccc4cc2C32c3ccccc3-c3ccccc32)c1. The van der Waals surface area contributed by atoms with Gasteiger partial charge < -0.3 is 0 Å². The van der Waals surface area contributed by atoms with Gasteiger partial charge in [0, 0.05) is 12.1 Å². The van der Waals surface area contributed by atoms with Crippen LogP contribution in [0.4, 0.5) is 0 Å². The van der Waals surface area contributed by atoms with E-state index in [4.69, 9.17) is 4.98 Å². The number of rotatable bonds is 4. The summed E-state index contributed by atoms with van der Waals surface area (Å²) in [5, 5.41) is 5.12. The third-order valence-electron chi connectivity index (χ3n) is 11.5. The van der Waals surface area contributed by atoms with Crippen LogP contribution in [0.15, 0.2) is 164 Å². The van der Waals surface area contributed by atoms with Crippen molar-refractivity contribution in [3.63, 3.8) is 0 Å². The average molecular weight is 651 g/mol. The molecule has 51 heavy (non-hydrogen) atoms. The molecule has 1 spiro atoms. The lowest BCUT2D eigenvalue weighted by molar-refractivity contribution is 0.796. The number of imidazole rings is 1. The molecule has 1 aromatic heterocycles. The van der Waals surface area contributed by atoms with Gasteiger partial charge in [-0.05, 0) is 126 Å². The van der Waals surface area contributed by atoms with Crippen LogP contribution in [-0.2, 0) is 11.8 Å². The van der Waals surface area contributed by atoms with E-state index < -0.39 is 5.41 Å². The van der Waals surface area contributed by atoms with E-state index in [1.54, 1.807) is 0 Å². The van der Waals surface area contributed by atoms with Crippen LogP contribution in [0.1, 0.15) is 41.4 Å². The van der Waals surface area contributed by atoms with Gasteiger partial charge in [-0.3, -0.25) is 4.57 Å². The number of aryl methyl sites for hydroxylation is 1. The Kier molecular flexibility index (Phi) is 5.95. The van der Waals surface area contributed by atoms with Crippen LogP contribution in [0, 0.1) is 0 Å². The summed E-state index contributed by atoms with van der Waals surface area (Å²) in [6.45, 7) is 2.23. The molecule has 0 saturated heterocycles. The Balaban J connectivity index is 1.25. The predicted molar refractivity (Wildman–Crippen MR) is 212 cm³/mol. The lowest BCUT2D eigenvalue weighted by Gasteiger charge is -2.31. The summed E-state index contributed by atoms with van der Waals surface area (Å²) in [7, 11) is 0. The molecule has 2 aliphatic carbocycles. The number of fused-ring (bicyclic) bond motifs is 14. The normalized spacial score (nSPS) is 13.5. The molecule has 0 atom stereocenters. The summed E-state index contributed by atoms with van der Waals surface area (Å²) in [4.78, 5) is 5.08. The largest absolute Gasteiger partial charge is 0.296 e. The Bertz CT molecular complexity index is 2840. The van der Waals surface area contributed by atoms with Gasteiger partial charge >= 0.3 is 0 Å². The van der Waals surface area contributed by atoms with E-state index in [1.807, 2.05) is 0 Å². The fourth-order valence-electron chi connectivity index (χ4n) is 9.49. The molecule has 0 fully saturated rings. The summed E-state index contributed by atoms with van der Waals surface area (Å²) in [5.74, 6) is 1.11. The summed E-state index contributed by atoms with van der Waals surface area (Å²) >= 11 is 0. The second-order valence-corrected chi connectivity index (χ2v) is 14.1. The van der Waals surface area contributed by atoms with Crippen LogP contribution in [0.25, 0.3) is 71.6 Å². The van der Waals surface area contributed by atoms with E-state index in [9.17, 15) is 0 Å². The molecule has 2 heteroatoms. The van der Waals surface area contributed by atoms with Gasteiger partial charge in [0.1, 0.15) is 5.82 Å². The molecule has 0 aliphatic heterocycles. The molecular formula is C49H34N2. The molecule has 0 bridgehead atoms. The van der Waals surface area contributed by atoms with Crippen LogP contribution in [0.5, 0.6) is 0 Å².